The van der Waals surface area contributed by atoms with Gasteiger partial charge in [0.05, 0.1) is 5.69 Å². The number of carboxylic acid groups (broad SMARTS) is 1. The van der Waals surface area contributed by atoms with Crippen LogP contribution in [0.2, 0.25) is 0 Å². The van der Waals surface area contributed by atoms with Crippen molar-refractivity contribution in [3.8, 4) is 0 Å². The SMILES string of the molecule is Cc1nc(N2CCN(C)C(C)(C)C2)sc1C(=O)O. The van der Waals surface area contributed by atoms with Gasteiger partial charge >= 0.3 is 5.97 Å². The number of hydrogen-bond acceptors (Lipinski definition) is 5. The highest BCUT2D eigenvalue weighted by atomic mass is 32.1. The highest BCUT2D eigenvalue weighted by Gasteiger charge is 2.32. The van der Waals surface area contributed by atoms with Crippen LogP contribution in [-0.2, 0) is 0 Å². The summed E-state index contributed by atoms with van der Waals surface area (Å²) in [6.07, 6.45) is 0. The van der Waals surface area contributed by atoms with Crippen molar-refractivity contribution in [2.45, 2.75) is 26.3 Å². The van der Waals surface area contributed by atoms with E-state index >= 15 is 0 Å². The Kier molecular flexibility index (Phi) is 3.33. The van der Waals surface area contributed by atoms with Gasteiger partial charge in [-0.1, -0.05) is 11.3 Å². The van der Waals surface area contributed by atoms with Crippen LogP contribution >= 0.6 is 11.3 Å². The van der Waals surface area contributed by atoms with Crippen molar-refractivity contribution in [1.29, 1.82) is 0 Å². The molecule has 18 heavy (non-hydrogen) atoms. The summed E-state index contributed by atoms with van der Waals surface area (Å²) in [5.41, 5.74) is 0.695. The van der Waals surface area contributed by atoms with Crippen molar-refractivity contribution in [2.75, 3.05) is 31.6 Å². The fourth-order valence-corrected chi connectivity index (χ4v) is 3.05. The van der Waals surface area contributed by atoms with Gasteiger partial charge in [0.2, 0.25) is 0 Å². The summed E-state index contributed by atoms with van der Waals surface area (Å²) in [5, 5.41) is 9.89. The summed E-state index contributed by atoms with van der Waals surface area (Å²) < 4.78 is 0. The first-order valence-corrected chi connectivity index (χ1v) is 6.80. The highest BCUT2D eigenvalue weighted by molar-refractivity contribution is 7.17. The van der Waals surface area contributed by atoms with Crippen LogP contribution in [-0.4, -0.2) is 53.2 Å². The normalized spacial score (nSPS) is 20.1. The Bertz CT molecular complexity index is 470. The molecule has 6 heteroatoms. The molecule has 1 fully saturated rings. The van der Waals surface area contributed by atoms with Crippen molar-refractivity contribution in [1.82, 2.24) is 9.88 Å². The number of anilines is 1. The minimum absolute atomic E-state index is 0.0845. The third-order valence-electron chi connectivity index (χ3n) is 3.57. The minimum Gasteiger partial charge on any atom is -0.477 e. The van der Waals surface area contributed by atoms with E-state index < -0.39 is 5.97 Å². The Labute approximate surface area is 111 Å². The summed E-state index contributed by atoms with van der Waals surface area (Å²) >= 11 is 1.27. The summed E-state index contributed by atoms with van der Waals surface area (Å²) in [6.45, 7) is 8.87. The van der Waals surface area contributed by atoms with Gasteiger partial charge in [0.15, 0.2) is 5.13 Å². The quantitative estimate of drug-likeness (QED) is 0.885. The van der Waals surface area contributed by atoms with Crippen molar-refractivity contribution >= 4 is 22.4 Å². The van der Waals surface area contributed by atoms with Gasteiger partial charge in [0.1, 0.15) is 4.88 Å². The van der Waals surface area contributed by atoms with Crippen LogP contribution < -0.4 is 4.90 Å². The van der Waals surface area contributed by atoms with E-state index in [0.29, 0.717) is 10.6 Å². The van der Waals surface area contributed by atoms with Crippen molar-refractivity contribution in [3.05, 3.63) is 10.6 Å². The third-order valence-corrected chi connectivity index (χ3v) is 4.77. The number of piperazine rings is 1. The summed E-state index contributed by atoms with van der Waals surface area (Å²) in [5.74, 6) is -0.885. The smallest absolute Gasteiger partial charge is 0.347 e. The van der Waals surface area contributed by atoms with Crippen LogP contribution in [0.3, 0.4) is 0 Å². The van der Waals surface area contributed by atoms with Gasteiger partial charge < -0.3 is 10.0 Å². The molecule has 0 amide bonds. The maximum atomic E-state index is 11.0. The van der Waals surface area contributed by atoms with Crippen LogP contribution in [0.15, 0.2) is 0 Å². The molecule has 0 saturated carbocycles. The predicted octanol–water partition coefficient (Wildman–Crippen LogP) is 1.68. The molecule has 1 aliphatic rings. The second-order valence-electron chi connectivity index (χ2n) is 5.37. The van der Waals surface area contributed by atoms with E-state index in [9.17, 15) is 4.79 Å². The average molecular weight is 269 g/mol. The number of aromatic nitrogens is 1. The number of nitrogens with zero attached hydrogens (tertiary/aromatic N) is 3. The first kappa shape index (κ1) is 13.3. The molecule has 0 aliphatic carbocycles. The Morgan fingerprint density at radius 1 is 1.44 bits per heavy atom. The molecule has 1 saturated heterocycles. The van der Waals surface area contributed by atoms with Gasteiger partial charge in [-0.25, -0.2) is 9.78 Å². The van der Waals surface area contributed by atoms with E-state index in [2.05, 4.69) is 35.7 Å². The maximum absolute atomic E-state index is 11.0. The van der Waals surface area contributed by atoms with Crippen molar-refractivity contribution < 1.29 is 9.90 Å². The molecule has 2 heterocycles. The fraction of sp³-hybridized carbons (Fsp3) is 0.667. The molecular formula is C12H19N3O2S. The number of carbonyl (C=O) groups is 1. The standard InChI is InChI=1S/C12H19N3O2S/c1-8-9(10(16)17)18-11(13-8)15-6-5-14(4)12(2,3)7-15/h5-7H2,1-4H3,(H,16,17). The van der Waals surface area contributed by atoms with Gasteiger partial charge in [0, 0.05) is 25.2 Å². The largest absolute Gasteiger partial charge is 0.477 e. The molecule has 0 unspecified atom stereocenters. The summed E-state index contributed by atoms with van der Waals surface area (Å²) in [7, 11) is 2.12. The number of carboxylic acids is 1. The molecule has 1 aliphatic heterocycles. The molecule has 1 aromatic rings. The summed E-state index contributed by atoms with van der Waals surface area (Å²) in [4.78, 5) is 20.3. The molecule has 0 spiro atoms. The molecule has 0 bridgehead atoms. The van der Waals surface area contributed by atoms with Crippen LogP contribution in [0.1, 0.15) is 29.2 Å². The lowest BCUT2D eigenvalue weighted by Gasteiger charge is -2.45. The third kappa shape index (κ3) is 2.35. The Hall–Kier alpha value is -1.14. The summed E-state index contributed by atoms with van der Waals surface area (Å²) in [6, 6.07) is 0. The van der Waals surface area contributed by atoms with Crippen molar-refractivity contribution in [3.63, 3.8) is 0 Å². The van der Waals surface area contributed by atoms with Gasteiger partial charge in [0.25, 0.3) is 0 Å². The highest BCUT2D eigenvalue weighted by Crippen LogP contribution is 2.30. The number of aryl methyl sites for hydroxylation is 1. The van der Waals surface area contributed by atoms with E-state index in [0.717, 1.165) is 24.8 Å². The fourth-order valence-electron chi connectivity index (χ4n) is 2.12. The number of hydrogen-bond donors (Lipinski definition) is 1. The zero-order chi connectivity index (χ0) is 13.5. The average Bonchev–Trinajstić information content (AvgIpc) is 2.64. The Balaban J connectivity index is 2.23. The lowest BCUT2D eigenvalue weighted by molar-refractivity contribution is 0.0701. The van der Waals surface area contributed by atoms with E-state index in [1.54, 1.807) is 6.92 Å². The first-order valence-electron chi connectivity index (χ1n) is 5.98. The molecule has 0 atom stereocenters. The van der Waals surface area contributed by atoms with Gasteiger partial charge in [-0.15, -0.1) is 0 Å². The van der Waals surface area contributed by atoms with Gasteiger partial charge in [-0.2, -0.15) is 0 Å². The topological polar surface area (TPSA) is 56.7 Å². The monoisotopic (exact) mass is 269 g/mol. The zero-order valence-corrected chi connectivity index (χ0v) is 12.0. The number of likely N-dealkylation sites (N-methyl/N-ethyl adjacent to an activating group) is 1. The number of thiazole rings is 1. The second kappa shape index (κ2) is 4.51. The van der Waals surface area contributed by atoms with Crippen LogP contribution in [0.5, 0.6) is 0 Å². The lowest BCUT2D eigenvalue weighted by Crippen LogP contribution is -2.57. The molecule has 2 rings (SSSR count). The van der Waals surface area contributed by atoms with E-state index in [1.165, 1.54) is 11.3 Å². The van der Waals surface area contributed by atoms with Crippen LogP contribution in [0.4, 0.5) is 5.13 Å². The zero-order valence-electron chi connectivity index (χ0n) is 11.2. The molecule has 1 aromatic heterocycles. The van der Waals surface area contributed by atoms with Crippen LogP contribution in [0.25, 0.3) is 0 Å². The predicted molar refractivity (Wildman–Crippen MR) is 72.7 cm³/mol. The molecular weight excluding hydrogens is 250 g/mol. The molecule has 100 valence electrons. The first-order chi connectivity index (χ1) is 8.31. The second-order valence-corrected chi connectivity index (χ2v) is 6.35. The number of rotatable bonds is 2. The number of aromatic carboxylic acids is 1. The lowest BCUT2D eigenvalue weighted by atomic mass is 10.0. The van der Waals surface area contributed by atoms with Crippen LogP contribution in [0, 0.1) is 6.92 Å². The van der Waals surface area contributed by atoms with E-state index in [-0.39, 0.29) is 5.54 Å². The van der Waals surface area contributed by atoms with Gasteiger partial charge in [-0.05, 0) is 27.8 Å². The van der Waals surface area contributed by atoms with E-state index in [1.807, 2.05) is 0 Å². The maximum Gasteiger partial charge on any atom is 0.347 e. The molecule has 1 N–H and O–H groups in total. The molecule has 0 aromatic carbocycles. The molecule has 0 radical (unpaired) electrons. The van der Waals surface area contributed by atoms with Gasteiger partial charge in [-0.3, -0.25) is 4.90 Å². The minimum atomic E-state index is -0.885. The van der Waals surface area contributed by atoms with E-state index in [4.69, 9.17) is 5.11 Å². The Morgan fingerprint density at radius 2 is 2.11 bits per heavy atom. The van der Waals surface area contributed by atoms with Crippen molar-refractivity contribution in [2.24, 2.45) is 0 Å². The Morgan fingerprint density at radius 3 is 2.61 bits per heavy atom. The molecule has 5 nitrogen and oxygen atoms in total.